The van der Waals surface area contributed by atoms with Crippen LogP contribution in [0.2, 0.25) is 5.02 Å². The van der Waals surface area contributed by atoms with Gasteiger partial charge in [0.2, 0.25) is 0 Å². The van der Waals surface area contributed by atoms with Gasteiger partial charge in [0.25, 0.3) is 5.91 Å². The van der Waals surface area contributed by atoms with Gasteiger partial charge in [0.1, 0.15) is 11.6 Å². The molecule has 8 heteroatoms. The van der Waals surface area contributed by atoms with Crippen LogP contribution >= 0.6 is 11.6 Å². The van der Waals surface area contributed by atoms with Gasteiger partial charge in [-0.3, -0.25) is 4.79 Å². The lowest BCUT2D eigenvalue weighted by Crippen LogP contribution is -2.24. The van der Waals surface area contributed by atoms with Gasteiger partial charge in [-0.05, 0) is 42.0 Å². The molecule has 0 saturated heterocycles. The van der Waals surface area contributed by atoms with Crippen molar-refractivity contribution in [3.63, 3.8) is 0 Å². The van der Waals surface area contributed by atoms with E-state index in [0.29, 0.717) is 27.8 Å². The Bertz CT molecular complexity index is 766. The van der Waals surface area contributed by atoms with Crippen LogP contribution in [0.25, 0.3) is 0 Å². The third-order valence-corrected chi connectivity index (χ3v) is 3.32. The molecule has 0 radical (unpaired) electrons. The van der Waals surface area contributed by atoms with Crippen LogP contribution in [0, 0.1) is 5.82 Å². The van der Waals surface area contributed by atoms with Crippen molar-refractivity contribution in [2.75, 3.05) is 20.8 Å². The topological polar surface area (TPSA) is 69.2 Å². The molecule has 0 fully saturated rings. The smallest absolute Gasteiger partial charge is 0.277 e. The van der Waals surface area contributed by atoms with Gasteiger partial charge in [-0.2, -0.15) is 5.10 Å². The second kappa shape index (κ2) is 8.89. The summed E-state index contributed by atoms with van der Waals surface area (Å²) in [6, 6.07) is 8.62. The maximum Gasteiger partial charge on any atom is 0.277 e. The molecule has 2 aromatic rings. The second-order valence-corrected chi connectivity index (χ2v) is 5.18. The van der Waals surface area contributed by atoms with Crippen molar-refractivity contribution < 1.29 is 23.4 Å². The highest BCUT2D eigenvalue weighted by Crippen LogP contribution is 2.35. The van der Waals surface area contributed by atoms with Gasteiger partial charge in [-0.25, -0.2) is 9.82 Å². The Balaban J connectivity index is 1.90. The largest absolute Gasteiger partial charge is 0.493 e. The highest BCUT2D eigenvalue weighted by molar-refractivity contribution is 6.32. The number of methoxy groups -OCH3 is 2. The van der Waals surface area contributed by atoms with Gasteiger partial charge >= 0.3 is 0 Å². The third kappa shape index (κ3) is 5.36. The number of ether oxygens (including phenoxy) is 3. The van der Waals surface area contributed by atoms with Crippen molar-refractivity contribution in [1.29, 1.82) is 0 Å². The fraction of sp³-hybridized carbons (Fsp3) is 0.176. The Morgan fingerprint density at radius 2 is 1.96 bits per heavy atom. The fourth-order valence-electron chi connectivity index (χ4n) is 1.90. The number of hydrazone groups is 1. The molecule has 0 aliphatic rings. The number of hydrogen-bond donors (Lipinski definition) is 1. The van der Waals surface area contributed by atoms with Crippen molar-refractivity contribution >= 4 is 23.7 Å². The molecular formula is C17H16ClFN2O4. The number of carbonyl (C=O) groups is 1. The zero-order chi connectivity index (χ0) is 18.2. The zero-order valence-electron chi connectivity index (χ0n) is 13.6. The van der Waals surface area contributed by atoms with Gasteiger partial charge in [0.15, 0.2) is 18.1 Å². The molecule has 0 spiro atoms. The maximum atomic E-state index is 12.8. The Morgan fingerprint density at radius 3 is 2.60 bits per heavy atom. The minimum atomic E-state index is -0.466. The Labute approximate surface area is 149 Å². The summed E-state index contributed by atoms with van der Waals surface area (Å²) >= 11 is 6.08. The van der Waals surface area contributed by atoms with Crippen LogP contribution in [-0.4, -0.2) is 32.9 Å². The van der Waals surface area contributed by atoms with Crippen LogP contribution < -0.4 is 19.6 Å². The average molecular weight is 367 g/mol. The van der Waals surface area contributed by atoms with Gasteiger partial charge in [-0.15, -0.1) is 0 Å². The minimum Gasteiger partial charge on any atom is -0.493 e. The second-order valence-electron chi connectivity index (χ2n) is 4.77. The summed E-state index contributed by atoms with van der Waals surface area (Å²) in [6.45, 7) is -0.254. The molecule has 2 rings (SSSR count). The molecule has 0 aromatic heterocycles. The zero-order valence-corrected chi connectivity index (χ0v) is 14.3. The van der Waals surface area contributed by atoms with E-state index in [1.54, 1.807) is 12.1 Å². The molecule has 0 saturated carbocycles. The number of hydrogen-bond acceptors (Lipinski definition) is 5. The highest BCUT2D eigenvalue weighted by Gasteiger charge is 2.10. The van der Waals surface area contributed by atoms with E-state index in [4.69, 9.17) is 25.8 Å². The minimum absolute atomic E-state index is 0.254. The van der Waals surface area contributed by atoms with Crippen molar-refractivity contribution in [3.8, 4) is 17.2 Å². The van der Waals surface area contributed by atoms with Crippen molar-refractivity contribution in [2.45, 2.75) is 0 Å². The monoisotopic (exact) mass is 366 g/mol. The van der Waals surface area contributed by atoms with E-state index >= 15 is 0 Å². The van der Waals surface area contributed by atoms with E-state index in [-0.39, 0.29) is 12.4 Å². The van der Waals surface area contributed by atoms with E-state index in [1.165, 1.54) is 44.7 Å². The number of nitrogens with zero attached hydrogens (tertiary/aromatic N) is 1. The summed E-state index contributed by atoms with van der Waals surface area (Å²) in [6.07, 6.45) is 1.41. The average Bonchev–Trinajstić information content (AvgIpc) is 2.60. The van der Waals surface area contributed by atoms with E-state index in [2.05, 4.69) is 10.5 Å². The predicted octanol–water partition coefficient (Wildman–Crippen LogP) is 3.03. The van der Waals surface area contributed by atoms with Crippen molar-refractivity contribution in [2.24, 2.45) is 5.10 Å². The van der Waals surface area contributed by atoms with Crippen LogP contribution in [0.5, 0.6) is 17.2 Å². The maximum absolute atomic E-state index is 12.8. The van der Waals surface area contributed by atoms with E-state index in [9.17, 15) is 9.18 Å². The number of carbonyl (C=O) groups excluding carboxylic acids is 1. The van der Waals surface area contributed by atoms with Gasteiger partial charge in [0, 0.05) is 0 Å². The number of amides is 1. The first-order chi connectivity index (χ1) is 12.0. The fourth-order valence-corrected chi connectivity index (χ4v) is 2.20. The molecule has 1 N–H and O–H groups in total. The molecular weight excluding hydrogens is 351 g/mol. The highest BCUT2D eigenvalue weighted by atomic mass is 35.5. The molecule has 132 valence electrons. The van der Waals surface area contributed by atoms with Crippen LogP contribution in [0.15, 0.2) is 41.5 Å². The van der Waals surface area contributed by atoms with E-state index < -0.39 is 5.91 Å². The van der Waals surface area contributed by atoms with E-state index in [1.807, 2.05) is 0 Å². The van der Waals surface area contributed by atoms with Crippen molar-refractivity contribution in [3.05, 3.63) is 52.8 Å². The molecule has 1 amide bonds. The van der Waals surface area contributed by atoms with Gasteiger partial charge in [-0.1, -0.05) is 11.6 Å². The molecule has 0 bridgehead atoms. The van der Waals surface area contributed by atoms with Gasteiger partial charge in [0.05, 0.1) is 25.5 Å². The lowest BCUT2D eigenvalue weighted by molar-refractivity contribution is -0.123. The summed E-state index contributed by atoms with van der Waals surface area (Å²) in [7, 11) is 2.97. The number of benzene rings is 2. The van der Waals surface area contributed by atoms with Crippen LogP contribution in [0.3, 0.4) is 0 Å². The lowest BCUT2D eigenvalue weighted by Gasteiger charge is -2.10. The molecule has 0 atom stereocenters. The molecule has 2 aromatic carbocycles. The molecule has 0 unspecified atom stereocenters. The van der Waals surface area contributed by atoms with Crippen LogP contribution in [-0.2, 0) is 4.79 Å². The summed E-state index contributed by atoms with van der Waals surface area (Å²) in [4.78, 5) is 11.7. The SMILES string of the molecule is COc1cc(/C=N\NC(=O)COc2ccc(F)cc2)cc(Cl)c1OC. The Morgan fingerprint density at radius 1 is 1.24 bits per heavy atom. The van der Waals surface area contributed by atoms with Crippen LogP contribution in [0.1, 0.15) is 5.56 Å². The standard InChI is InChI=1S/C17H16ClFN2O4/c1-23-15-8-11(7-14(18)17(15)24-2)9-20-21-16(22)10-25-13-5-3-12(19)4-6-13/h3-9H,10H2,1-2H3,(H,21,22)/b20-9-. The molecule has 0 aliphatic heterocycles. The number of nitrogens with one attached hydrogen (secondary N) is 1. The normalized spacial score (nSPS) is 10.6. The first-order valence-electron chi connectivity index (χ1n) is 7.15. The lowest BCUT2D eigenvalue weighted by atomic mass is 10.2. The summed E-state index contributed by atoms with van der Waals surface area (Å²) in [5.74, 6) is 0.398. The van der Waals surface area contributed by atoms with Gasteiger partial charge < -0.3 is 14.2 Å². The number of rotatable bonds is 7. The molecule has 0 aliphatic carbocycles. The molecule has 6 nitrogen and oxygen atoms in total. The first kappa shape index (κ1) is 18.5. The molecule has 25 heavy (non-hydrogen) atoms. The van der Waals surface area contributed by atoms with Crippen molar-refractivity contribution in [1.82, 2.24) is 5.43 Å². The summed E-state index contributed by atoms with van der Waals surface area (Å²) in [5, 5.41) is 4.18. The summed E-state index contributed by atoms with van der Waals surface area (Å²) < 4.78 is 28.3. The number of halogens is 2. The Kier molecular flexibility index (Phi) is 6.59. The Hall–Kier alpha value is -2.80. The summed E-state index contributed by atoms with van der Waals surface area (Å²) in [5.41, 5.74) is 2.93. The molecule has 0 heterocycles. The quantitative estimate of drug-likeness (QED) is 0.604. The predicted molar refractivity (Wildman–Crippen MR) is 92.2 cm³/mol. The first-order valence-corrected chi connectivity index (χ1v) is 7.53. The van der Waals surface area contributed by atoms with E-state index in [0.717, 1.165) is 0 Å². The third-order valence-electron chi connectivity index (χ3n) is 3.04. The van der Waals surface area contributed by atoms with Crippen LogP contribution in [0.4, 0.5) is 4.39 Å².